The Kier molecular flexibility index (Phi) is 14.5. The average Bonchev–Trinajstić information content (AvgIpc) is 2.41. The van der Waals surface area contributed by atoms with Crippen LogP contribution in [0.5, 0.6) is 0 Å². The molecule has 0 aliphatic heterocycles. The highest BCUT2D eigenvalue weighted by Crippen LogP contribution is 2.16. The third-order valence-corrected chi connectivity index (χ3v) is 3.84. The van der Waals surface area contributed by atoms with Crippen molar-refractivity contribution in [3.05, 3.63) is 0 Å². The van der Waals surface area contributed by atoms with Crippen molar-refractivity contribution in [2.75, 3.05) is 0 Å². The maximum absolute atomic E-state index is 11.1. The summed E-state index contributed by atoms with van der Waals surface area (Å²) in [6.45, 7) is 5.99. The summed E-state index contributed by atoms with van der Waals surface area (Å²) in [4.78, 5) is 11.1. The van der Waals surface area contributed by atoms with Crippen LogP contribution in [0.25, 0.3) is 0 Å². The molecule has 0 bridgehead atoms. The molecule has 0 aromatic heterocycles. The molecule has 0 aromatic carbocycles. The molecule has 0 saturated carbocycles. The molecule has 0 heterocycles. The smallest absolute Gasteiger partial charge is 0.302 e. The molecule has 120 valence electrons. The van der Waals surface area contributed by atoms with Gasteiger partial charge in [0.25, 0.3) is 0 Å². The molecule has 0 amide bonds. The van der Waals surface area contributed by atoms with Gasteiger partial charge in [0, 0.05) is 6.92 Å². The zero-order chi connectivity index (χ0) is 15.1. The molecule has 0 fully saturated rings. The predicted molar refractivity (Wildman–Crippen MR) is 86.9 cm³/mol. The lowest BCUT2D eigenvalue weighted by Crippen LogP contribution is -2.16. The van der Waals surface area contributed by atoms with E-state index >= 15 is 0 Å². The number of carbonyl (C=O) groups excluding carboxylic acids is 1. The molecule has 2 heteroatoms. The van der Waals surface area contributed by atoms with Crippen LogP contribution in [0.2, 0.25) is 0 Å². The minimum Gasteiger partial charge on any atom is -0.463 e. The molecular weight excluding hydrogens is 248 g/mol. The van der Waals surface area contributed by atoms with Gasteiger partial charge in [0.15, 0.2) is 0 Å². The number of ether oxygens (including phenoxy) is 1. The minimum atomic E-state index is -0.119. The number of hydrogen-bond donors (Lipinski definition) is 0. The fraction of sp³-hybridized carbons (Fsp3) is 0.944. The van der Waals surface area contributed by atoms with E-state index in [1.807, 2.05) is 0 Å². The lowest BCUT2D eigenvalue weighted by atomic mass is 10.0. The van der Waals surface area contributed by atoms with Crippen molar-refractivity contribution in [2.24, 2.45) is 0 Å². The van der Waals surface area contributed by atoms with Crippen LogP contribution in [0.1, 0.15) is 104 Å². The van der Waals surface area contributed by atoms with Gasteiger partial charge in [-0.15, -0.1) is 0 Å². The molecule has 1 atom stereocenters. The van der Waals surface area contributed by atoms with Crippen molar-refractivity contribution in [2.45, 2.75) is 110 Å². The third kappa shape index (κ3) is 13.9. The Bertz CT molecular complexity index is 213. The third-order valence-electron chi connectivity index (χ3n) is 3.84. The van der Waals surface area contributed by atoms with Crippen LogP contribution in [0, 0.1) is 0 Å². The summed E-state index contributed by atoms with van der Waals surface area (Å²) in [5, 5.41) is 0. The SMILES string of the molecule is CCCCCCCCCCC(CCCCC)OC(C)=O. The minimum absolute atomic E-state index is 0.119. The normalized spacial score (nSPS) is 12.3. The Labute approximate surface area is 126 Å². The van der Waals surface area contributed by atoms with Gasteiger partial charge in [-0.25, -0.2) is 0 Å². The van der Waals surface area contributed by atoms with Gasteiger partial charge in [-0.2, -0.15) is 0 Å². The summed E-state index contributed by atoms with van der Waals surface area (Å²) in [5.74, 6) is -0.119. The van der Waals surface area contributed by atoms with Crippen LogP contribution in [-0.2, 0) is 9.53 Å². The Morgan fingerprint density at radius 1 is 0.750 bits per heavy atom. The highest BCUT2D eigenvalue weighted by molar-refractivity contribution is 5.66. The van der Waals surface area contributed by atoms with E-state index in [2.05, 4.69) is 13.8 Å². The molecule has 0 rings (SSSR count). The van der Waals surface area contributed by atoms with Crippen LogP contribution < -0.4 is 0 Å². The van der Waals surface area contributed by atoms with Crippen LogP contribution in [0.3, 0.4) is 0 Å². The first-order chi connectivity index (χ1) is 9.70. The first kappa shape index (κ1) is 19.5. The van der Waals surface area contributed by atoms with Crippen LogP contribution in [0.4, 0.5) is 0 Å². The first-order valence-electron chi connectivity index (χ1n) is 8.87. The van der Waals surface area contributed by atoms with E-state index in [1.54, 1.807) is 0 Å². The number of esters is 1. The average molecular weight is 284 g/mol. The fourth-order valence-corrected chi connectivity index (χ4v) is 2.62. The van der Waals surface area contributed by atoms with Crippen molar-refractivity contribution in [3.8, 4) is 0 Å². The molecule has 0 saturated heterocycles. The van der Waals surface area contributed by atoms with E-state index in [-0.39, 0.29) is 12.1 Å². The van der Waals surface area contributed by atoms with E-state index in [1.165, 1.54) is 77.6 Å². The zero-order valence-corrected chi connectivity index (χ0v) is 14.1. The standard InChI is InChI=1S/C18H36O2/c1-4-6-8-9-10-11-12-14-16-18(20-17(3)19)15-13-7-5-2/h18H,4-16H2,1-3H3. The van der Waals surface area contributed by atoms with E-state index in [9.17, 15) is 4.79 Å². The number of rotatable bonds is 14. The Morgan fingerprint density at radius 2 is 1.15 bits per heavy atom. The predicted octanol–water partition coefficient (Wildman–Crippen LogP) is 6.03. The van der Waals surface area contributed by atoms with Crippen molar-refractivity contribution in [1.82, 2.24) is 0 Å². The molecule has 2 nitrogen and oxygen atoms in total. The summed E-state index contributed by atoms with van der Waals surface area (Å²) in [6.07, 6.45) is 16.6. The largest absolute Gasteiger partial charge is 0.463 e. The van der Waals surface area contributed by atoms with Gasteiger partial charge >= 0.3 is 5.97 Å². The first-order valence-corrected chi connectivity index (χ1v) is 8.87. The van der Waals surface area contributed by atoms with Gasteiger partial charge in [0.2, 0.25) is 0 Å². The lowest BCUT2D eigenvalue weighted by Gasteiger charge is -2.16. The molecule has 20 heavy (non-hydrogen) atoms. The molecule has 0 aliphatic rings. The summed E-state index contributed by atoms with van der Waals surface area (Å²) in [7, 11) is 0. The molecule has 0 N–H and O–H groups in total. The second kappa shape index (κ2) is 14.9. The molecule has 0 aromatic rings. The second-order valence-corrected chi connectivity index (χ2v) is 5.99. The van der Waals surface area contributed by atoms with Gasteiger partial charge in [-0.1, -0.05) is 71.6 Å². The summed E-state index contributed by atoms with van der Waals surface area (Å²) in [5.41, 5.74) is 0. The van der Waals surface area contributed by atoms with Crippen molar-refractivity contribution >= 4 is 5.97 Å². The van der Waals surface area contributed by atoms with Gasteiger partial charge < -0.3 is 4.74 Å². The highest BCUT2D eigenvalue weighted by atomic mass is 16.5. The van der Waals surface area contributed by atoms with Crippen molar-refractivity contribution in [3.63, 3.8) is 0 Å². The van der Waals surface area contributed by atoms with E-state index in [0.717, 1.165) is 12.8 Å². The van der Waals surface area contributed by atoms with Gasteiger partial charge in [0.05, 0.1) is 0 Å². The topological polar surface area (TPSA) is 26.3 Å². The van der Waals surface area contributed by atoms with Crippen molar-refractivity contribution < 1.29 is 9.53 Å². The zero-order valence-electron chi connectivity index (χ0n) is 14.1. The van der Waals surface area contributed by atoms with Gasteiger partial charge in [0.1, 0.15) is 6.10 Å². The van der Waals surface area contributed by atoms with E-state index < -0.39 is 0 Å². The van der Waals surface area contributed by atoms with E-state index in [0.29, 0.717) is 0 Å². The summed E-state index contributed by atoms with van der Waals surface area (Å²) in [6, 6.07) is 0. The maximum Gasteiger partial charge on any atom is 0.302 e. The highest BCUT2D eigenvalue weighted by Gasteiger charge is 2.11. The molecule has 0 spiro atoms. The van der Waals surface area contributed by atoms with Gasteiger partial charge in [-0.05, 0) is 25.7 Å². The molecule has 0 aliphatic carbocycles. The maximum atomic E-state index is 11.1. The Morgan fingerprint density at radius 3 is 1.65 bits per heavy atom. The monoisotopic (exact) mass is 284 g/mol. The number of hydrogen-bond acceptors (Lipinski definition) is 2. The van der Waals surface area contributed by atoms with Crippen molar-refractivity contribution in [1.29, 1.82) is 0 Å². The van der Waals surface area contributed by atoms with Crippen LogP contribution >= 0.6 is 0 Å². The molecule has 1 unspecified atom stereocenters. The van der Waals surface area contributed by atoms with E-state index in [4.69, 9.17) is 4.74 Å². The van der Waals surface area contributed by atoms with Crippen LogP contribution in [-0.4, -0.2) is 12.1 Å². The van der Waals surface area contributed by atoms with Gasteiger partial charge in [-0.3, -0.25) is 4.79 Å². The number of carbonyl (C=O) groups is 1. The number of unbranched alkanes of at least 4 members (excludes halogenated alkanes) is 9. The molecular formula is C18H36O2. The quantitative estimate of drug-likeness (QED) is 0.287. The summed E-state index contributed by atoms with van der Waals surface area (Å²) < 4.78 is 5.42. The summed E-state index contributed by atoms with van der Waals surface area (Å²) >= 11 is 0. The lowest BCUT2D eigenvalue weighted by molar-refractivity contribution is -0.147. The second-order valence-electron chi connectivity index (χ2n) is 5.99. The molecule has 0 radical (unpaired) electrons. The van der Waals surface area contributed by atoms with Crippen LogP contribution in [0.15, 0.2) is 0 Å². The fourth-order valence-electron chi connectivity index (χ4n) is 2.62. The Hall–Kier alpha value is -0.530. The Balaban J connectivity index is 3.54.